The number of nitrogens with zero attached hydrogens (tertiary/aromatic N) is 2. The predicted molar refractivity (Wildman–Crippen MR) is 74.4 cm³/mol. The minimum absolute atomic E-state index is 0.0528. The van der Waals surface area contributed by atoms with Crippen molar-refractivity contribution in [3.05, 3.63) is 47.3 Å². The van der Waals surface area contributed by atoms with E-state index in [9.17, 15) is 4.79 Å². The summed E-state index contributed by atoms with van der Waals surface area (Å²) in [4.78, 5) is 11.8. The Morgan fingerprint density at radius 1 is 1.32 bits per heavy atom. The molecule has 0 saturated carbocycles. The van der Waals surface area contributed by atoms with Crippen LogP contribution in [0.3, 0.4) is 0 Å². The zero-order valence-electron chi connectivity index (χ0n) is 11.2. The molecule has 0 bridgehead atoms. The summed E-state index contributed by atoms with van der Waals surface area (Å²) in [5.74, 6) is -0.0528. The Bertz CT molecular complexity index is 572. The Kier molecular flexibility index (Phi) is 3.85. The lowest BCUT2D eigenvalue weighted by atomic mass is 10.2. The number of anilines is 1. The van der Waals surface area contributed by atoms with E-state index in [1.807, 2.05) is 44.2 Å². The van der Waals surface area contributed by atoms with Gasteiger partial charge in [-0.1, -0.05) is 12.1 Å². The molecule has 1 aromatic carbocycles. The smallest absolute Gasteiger partial charge is 0.242 e. The molecular formula is C14H18N4O. The van der Waals surface area contributed by atoms with Crippen molar-refractivity contribution in [1.82, 2.24) is 15.1 Å². The molecule has 2 rings (SSSR count). The van der Waals surface area contributed by atoms with Gasteiger partial charge >= 0.3 is 0 Å². The molecule has 19 heavy (non-hydrogen) atoms. The predicted octanol–water partition coefficient (Wildman–Crippen LogP) is 1.40. The van der Waals surface area contributed by atoms with Crippen LogP contribution >= 0.6 is 0 Å². The second-order valence-electron chi connectivity index (χ2n) is 4.60. The number of hydrogen-bond donors (Lipinski definition) is 2. The summed E-state index contributed by atoms with van der Waals surface area (Å²) in [6.07, 6.45) is 0. The number of rotatable bonds is 4. The summed E-state index contributed by atoms with van der Waals surface area (Å²) in [5.41, 5.74) is 9.26. The molecule has 1 heterocycles. The van der Waals surface area contributed by atoms with Crippen molar-refractivity contribution in [1.29, 1.82) is 0 Å². The fourth-order valence-corrected chi connectivity index (χ4v) is 1.86. The van der Waals surface area contributed by atoms with Crippen LogP contribution in [-0.2, 0) is 17.9 Å². The summed E-state index contributed by atoms with van der Waals surface area (Å²) in [5, 5.41) is 7.12. The first-order chi connectivity index (χ1) is 9.04. The van der Waals surface area contributed by atoms with Crippen molar-refractivity contribution in [2.24, 2.45) is 0 Å². The molecule has 100 valence electrons. The molecule has 0 radical (unpaired) electrons. The zero-order valence-corrected chi connectivity index (χ0v) is 11.2. The highest BCUT2D eigenvalue weighted by atomic mass is 16.2. The van der Waals surface area contributed by atoms with Crippen molar-refractivity contribution >= 4 is 11.6 Å². The van der Waals surface area contributed by atoms with E-state index in [4.69, 9.17) is 5.73 Å². The van der Waals surface area contributed by atoms with Gasteiger partial charge in [0.05, 0.1) is 5.69 Å². The minimum Gasteiger partial charge on any atom is -0.399 e. The molecular weight excluding hydrogens is 240 g/mol. The van der Waals surface area contributed by atoms with Gasteiger partial charge in [0, 0.05) is 17.9 Å². The highest BCUT2D eigenvalue weighted by Gasteiger charge is 2.06. The van der Waals surface area contributed by atoms with Gasteiger partial charge in [-0.2, -0.15) is 5.10 Å². The number of amides is 1. The summed E-state index contributed by atoms with van der Waals surface area (Å²) >= 11 is 0. The molecule has 2 aromatic rings. The molecule has 0 unspecified atom stereocenters. The average molecular weight is 258 g/mol. The second-order valence-corrected chi connectivity index (χ2v) is 4.60. The number of aryl methyl sites for hydroxylation is 2. The van der Waals surface area contributed by atoms with E-state index in [1.165, 1.54) is 0 Å². The quantitative estimate of drug-likeness (QED) is 0.814. The summed E-state index contributed by atoms with van der Waals surface area (Å²) in [6, 6.07) is 9.40. The second kappa shape index (κ2) is 5.56. The Morgan fingerprint density at radius 3 is 2.58 bits per heavy atom. The van der Waals surface area contributed by atoms with Crippen molar-refractivity contribution in [3.8, 4) is 0 Å². The van der Waals surface area contributed by atoms with Gasteiger partial charge in [-0.25, -0.2) is 0 Å². The first-order valence-electron chi connectivity index (χ1n) is 6.17. The number of nitrogens with two attached hydrogens (primary N) is 1. The van der Waals surface area contributed by atoms with E-state index in [1.54, 1.807) is 4.68 Å². The molecule has 0 atom stereocenters. The van der Waals surface area contributed by atoms with Gasteiger partial charge < -0.3 is 11.1 Å². The van der Waals surface area contributed by atoms with Crippen LogP contribution < -0.4 is 11.1 Å². The molecule has 0 aliphatic rings. The lowest BCUT2D eigenvalue weighted by Crippen LogP contribution is -2.27. The average Bonchev–Trinajstić information content (AvgIpc) is 2.67. The number of nitrogen functional groups attached to an aromatic ring is 1. The molecule has 5 heteroatoms. The van der Waals surface area contributed by atoms with E-state index in [0.29, 0.717) is 6.54 Å². The van der Waals surface area contributed by atoms with Crippen LogP contribution in [0, 0.1) is 13.8 Å². The Labute approximate surface area is 112 Å². The standard InChI is InChI=1S/C14H18N4O/c1-10-7-11(2)18(17-10)9-14(19)16-8-12-3-5-13(15)6-4-12/h3-7H,8-9,15H2,1-2H3,(H,16,19). The summed E-state index contributed by atoms with van der Waals surface area (Å²) in [7, 11) is 0. The fraction of sp³-hybridized carbons (Fsp3) is 0.286. The lowest BCUT2D eigenvalue weighted by molar-refractivity contribution is -0.122. The topological polar surface area (TPSA) is 72.9 Å². The molecule has 5 nitrogen and oxygen atoms in total. The highest BCUT2D eigenvalue weighted by Crippen LogP contribution is 2.05. The van der Waals surface area contributed by atoms with Crippen LogP contribution in [0.4, 0.5) is 5.69 Å². The van der Waals surface area contributed by atoms with Crippen molar-refractivity contribution in [2.45, 2.75) is 26.9 Å². The molecule has 1 amide bonds. The summed E-state index contributed by atoms with van der Waals surface area (Å²) in [6.45, 7) is 4.59. The maximum atomic E-state index is 11.8. The minimum atomic E-state index is -0.0528. The van der Waals surface area contributed by atoms with Crippen LogP contribution in [0.5, 0.6) is 0 Å². The van der Waals surface area contributed by atoms with Crippen LogP contribution in [0.2, 0.25) is 0 Å². The van der Waals surface area contributed by atoms with E-state index in [2.05, 4.69) is 10.4 Å². The lowest BCUT2D eigenvalue weighted by Gasteiger charge is -2.07. The van der Waals surface area contributed by atoms with Gasteiger partial charge in [-0.05, 0) is 37.6 Å². The van der Waals surface area contributed by atoms with E-state index in [-0.39, 0.29) is 12.5 Å². The largest absolute Gasteiger partial charge is 0.399 e. The molecule has 0 saturated heterocycles. The Balaban J connectivity index is 1.88. The van der Waals surface area contributed by atoms with Crippen LogP contribution in [-0.4, -0.2) is 15.7 Å². The third-order valence-electron chi connectivity index (χ3n) is 2.87. The maximum Gasteiger partial charge on any atom is 0.242 e. The third kappa shape index (κ3) is 3.58. The molecule has 0 aliphatic carbocycles. The SMILES string of the molecule is Cc1cc(C)n(CC(=O)NCc2ccc(N)cc2)n1. The third-order valence-corrected chi connectivity index (χ3v) is 2.87. The monoisotopic (exact) mass is 258 g/mol. The van der Waals surface area contributed by atoms with E-state index < -0.39 is 0 Å². The summed E-state index contributed by atoms with van der Waals surface area (Å²) < 4.78 is 1.70. The fourth-order valence-electron chi connectivity index (χ4n) is 1.86. The van der Waals surface area contributed by atoms with Crippen molar-refractivity contribution in [2.75, 3.05) is 5.73 Å². The van der Waals surface area contributed by atoms with Crippen LogP contribution in [0.1, 0.15) is 17.0 Å². The maximum absolute atomic E-state index is 11.8. The zero-order chi connectivity index (χ0) is 13.8. The first kappa shape index (κ1) is 13.1. The molecule has 0 fully saturated rings. The Hall–Kier alpha value is -2.30. The molecule has 0 spiro atoms. The molecule has 0 aliphatic heterocycles. The number of benzene rings is 1. The first-order valence-corrected chi connectivity index (χ1v) is 6.17. The van der Waals surface area contributed by atoms with Gasteiger partial charge in [0.2, 0.25) is 5.91 Å². The van der Waals surface area contributed by atoms with Gasteiger partial charge in [0.25, 0.3) is 0 Å². The van der Waals surface area contributed by atoms with Crippen molar-refractivity contribution in [3.63, 3.8) is 0 Å². The number of hydrogen-bond acceptors (Lipinski definition) is 3. The van der Waals surface area contributed by atoms with Crippen LogP contribution in [0.25, 0.3) is 0 Å². The number of aromatic nitrogens is 2. The van der Waals surface area contributed by atoms with Crippen LogP contribution in [0.15, 0.2) is 30.3 Å². The van der Waals surface area contributed by atoms with Gasteiger partial charge in [-0.3, -0.25) is 9.48 Å². The number of carbonyl (C=O) groups is 1. The van der Waals surface area contributed by atoms with Gasteiger partial charge in [0.15, 0.2) is 0 Å². The normalized spacial score (nSPS) is 10.4. The molecule has 1 aromatic heterocycles. The van der Waals surface area contributed by atoms with Gasteiger partial charge in [0.1, 0.15) is 6.54 Å². The van der Waals surface area contributed by atoms with E-state index >= 15 is 0 Å². The van der Waals surface area contributed by atoms with Crippen molar-refractivity contribution < 1.29 is 4.79 Å². The number of carbonyl (C=O) groups excluding carboxylic acids is 1. The number of nitrogens with one attached hydrogen (secondary N) is 1. The van der Waals surface area contributed by atoms with Gasteiger partial charge in [-0.15, -0.1) is 0 Å². The molecule has 3 N–H and O–H groups in total. The Morgan fingerprint density at radius 2 is 2.00 bits per heavy atom. The van der Waals surface area contributed by atoms with E-state index in [0.717, 1.165) is 22.6 Å². The highest BCUT2D eigenvalue weighted by molar-refractivity contribution is 5.75.